The zero-order valence-electron chi connectivity index (χ0n) is 9.78. The molecule has 1 aromatic carbocycles. The van der Waals surface area contributed by atoms with Gasteiger partial charge in [-0.2, -0.15) is 0 Å². The van der Waals surface area contributed by atoms with Crippen LogP contribution in [-0.4, -0.2) is 38.1 Å². The number of nitrogens with two attached hydrogens (primary N) is 1. The van der Waals surface area contributed by atoms with Crippen LogP contribution in [0.3, 0.4) is 0 Å². The highest BCUT2D eigenvalue weighted by atomic mass is 19.1. The predicted octanol–water partition coefficient (Wildman–Crippen LogP) is 1.55. The molecule has 0 spiro atoms. The topological polar surface area (TPSA) is 32.5 Å². The lowest BCUT2D eigenvalue weighted by Gasteiger charge is -2.22. The Balaban J connectivity index is 2.11. The number of benzene rings is 1. The largest absolute Gasteiger partial charge is 0.396 e. The third kappa shape index (κ3) is 2.11. The van der Waals surface area contributed by atoms with Gasteiger partial charge in [-0.1, -0.05) is 0 Å². The molecule has 1 saturated heterocycles. The molecule has 0 radical (unpaired) electrons. The Bertz CT molecular complexity index is 379. The second-order valence-corrected chi connectivity index (χ2v) is 4.56. The van der Waals surface area contributed by atoms with Crippen molar-refractivity contribution in [3.05, 3.63) is 24.0 Å². The van der Waals surface area contributed by atoms with Crippen LogP contribution in [-0.2, 0) is 0 Å². The molecular formula is C12H18FN3. The summed E-state index contributed by atoms with van der Waals surface area (Å²) in [6.45, 7) is 1.93. The molecule has 2 rings (SSSR count). The van der Waals surface area contributed by atoms with Crippen molar-refractivity contribution in [2.75, 3.05) is 37.8 Å². The van der Waals surface area contributed by atoms with Crippen LogP contribution in [0.15, 0.2) is 18.2 Å². The Kier molecular flexibility index (Phi) is 3.01. The normalized spacial score (nSPS) is 20.8. The van der Waals surface area contributed by atoms with Gasteiger partial charge >= 0.3 is 0 Å². The highest BCUT2D eigenvalue weighted by Gasteiger charge is 2.24. The zero-order chi connectivity index (χ0) is 11.7. The number of hydrogen-bond donors (Lipinski definition) is 1. The lowest BCUT2D eigenvalue weighted by molar-refractivity contribution is 0.315. The third-order valence-electron chi connectivity index (χ3n) is 3.24. The summed E-state index contributed by atoms with van der Waals surface area (Å²) in [5, 5.41) is 0. The van der Waals surface area contributed by atoms with Crippen LogP contribution in [0.25, 0.3) is 0 Å². The Labute approximate surface area is 95.6 Å². The molecule has 0 bridgehead atoms. The molecule has 88 valence electrons. The predicted molar refractivity (Wildman–Crippen MR) is 65.1 cm³/mol. The Hall–Kier alpha value is -1.29. The van der Waals surface area contributed by atoms with Gasteiger partial charge in [0.05, 0.1) is 5.69 Å². The molecule has 0 amide bonds. The first-order valence-electron chi connectivity index (χ1n) is 5.54. The number of anilines is 2. The van der Waals surface area contributed by atoms with Gasteiger partial charge in [0, 0.05) is 24.8 Å². The number of nitrogen functional groups attached to an aromatic ring is 1. The van der Waals surface area contributed by atoms with E-state index in [1.54, 1.807) is 6.07 Å². The van der Waals surface area contributed by atoms with E-state index >= 15 is 0 Å². The summed E-state index contributed by atoms with van der Waals surface area (Å²) in [5.74, 6) is -0.328. The van der Waals surface area contributed by atoms with E-state index < -0.39 is 0 Å². The lowest BCUT2D eigenvalue weighted by atomic mass is 10.2. The van der Waals surface area contributed by atoms with E-state index in [9.17, 15) is 4.39 Å². The highest BCUT2D eigenvalue weighted by molar-refractivity contribution is 5.54. The van der Waals surface area contributed by atoms with E-state index in [4.69, 9.17) is 5.73 Å². The molecule has 1 aliphatic heterocycles. The SMILES string of the molecule is CN(C)C1CCN(c2ccc(N)c(F)c2)C1. The van der Waals surface area contributed by atoms with E-state index in [1.165, 1.54) is 6.07 Å². The van der Waals surface area contributed by atoms with Gasteiger partial charge in [-0.05, 0) is 38.7 Å². The van der Waals surface area contributed by atoms with Crippen molar-refractivity contribution in [2.24, 2.45) is 0 Å². The monoisotopic (exact) mass is 223 g/mol. The molecule has 1 aliphatic rings. The zero-order valence-corrected chi connectivity index (χ0v) is 9.78. The first kappa shape index (κ1) is 11.2. The van der Waals surface area contributed by atoms with Crippen molar-refractivity contribution in [1.29, 1.82) is 0 Å². The average Bonchev–Trinajstić information content (AvgIpc) is 2.71. The standard InChI is InChI=1S/C12H18FN3/c1-15(2)10-5-6-16(8-10)9-3-4-12(14)11(13)7-9/h3-4,7,10H,5-6,8,14H2,1-2H3. The van der Waals surface area contributed by atoms with Gasteiger partial charge in [0.15, 0.2) is 0 Å². The third-order valence-corrected chi connectivity index (χ3v) is 3.24. The molecular weight excluding hydrogens is 205 g/mol. The van der Waals surface area contributed by atoms with Crippen molar-refractivity contribution < 1.29 is 4.39 Å². The maximum Gasteiger partial charge on any atom is 0.148 e. The van der Waals surface area contributed by atoms with Crippen molar-refractivity contribution in [3.8, 4) is 0 Å². The Morgan fingerprint density at radius 1 is 1.44 bits per heavy atom. The van der Waals surface area contributed by atoms with Crippen LogP contribution in [0, 0.1) is 5.82 Å². The minimum absolute atomic E-state index is 0.215. The van der Waals surface area contributed by atoms with Crippen LogP contribution in [0.5, 0.6) is 0 Å². The summed E-state index contributed by atoms with van der Waals surface area (Å²) in [5.41, 5.74) is 6.60. The van der Waals surface area contributed by atoms with E-state index in [-0.39, 0.29) is 11.5 Å². The Morgan fingerprint density at radius 3 is 2.75 bits per heavy atom. The number of likely N-dealkylation sites (N-methyl/N-ethyl adjacent to an activating group) is 1. The van der Waals surface area contributed by atoms with Crippen LogP contribution in [0.1, 0.15) is 6.42 Å². The average molecular weight is 223 g/mol. The van der Waals surface area contributed by atoms with Gasteiger partial charge in [-0.25, -0.2) is 4.39 Å². The number of nitrogens with zero attached hydrogens (tertiary/aromatic N) is 2. The molecule has 1 fully saturated rings. The molecule has 1 unspecified atom stereocenters. The fraction of sp³-hybridized carbons (Fsp3) is 0.500. The van der Waals surface area contributed by atoms with Crippen molar-refractivity contribution >= 4 is 11.4 Å². The minimum Gasteiger partial charge on any atom is -0.396 e. The van der Waals surface area contributed by atoms with Crippen LogP contribution in [0.2, 0.25) is 0 Å². The molecule has 1 heterocycles. The van der Waals surface area contributed by atoms with Crippen molar-refractivity contribution in [2.45, 2.75) is 12.5 Å². The van der Waals surface area contributed by atoms with Gasteiger partial charge in [-0.3, -0.25) is 0 Å². The fourth-order valence-corrected chi connectivity index (χ4v) is 2.11. The first-order valence-corrected chi connectivity index (χ1v) is 5.54. The number of halogens is 1. The van der Waals surface area contributed by atoms with Crippen molar-refractivity contribution in [3.63, 3.8) is 0 Å². The molecule has 1 atom stereocenters. The van der Waals surface area contributed by atoms with Gasteiger partial charge in [-0.15, -0.1) is 0 Å². The summed E-state index contributed by atoms with van der Waals surface area (Å²) in [6, 6.07) is 5.60. The van der Waals surface area contributed by atoms with E-state index in [0.717, 1.165) is 25.2 Å². The van der Waals surface area contributed by atoms with Crippen molar-refractivity contribution in [1.82, 2.24) is 4.90 Å². The lowest BCUT2D eigenvalue weighted by Crippen LogP contribution is -2.31. The maximum absolute atomic E-state index is 13.3. The molecule has 0 aliphatic carbocycles. The van der Waals surface area contributed by atoms with Gasteiger partial charge < -0.3 is 15.5 Å². The number of hydrogen-bond acceptors (Lipinski definition) is 3. The van der Waals surface area contributed by atoms with Gasteiger partial charge in [0.2, 0.25) is 0 Å². The Morgan fingerprint density at radius 2 is 2.19 bits per heavy atom. The smallest absolute Gasteiger partial charge is 0.148 e. The molecule has 0 aromatic heterocycles. The molecule has 3 nitrogen and oxygen atoms in total. The minimum atomic E-state index is -0.328. The summed E-state index contributed by atoms with van der Waals surface area (Å²) >= 11 is 0. The first-order chi connectivity index (χ1) is 7.58. The van der Waals surface area contributed by atoms with Crippen LogP contribution >= 0.6 is 0 Å². The second-order valence-electron chi connectivity index (χ2n) is 4.56. The van der Waals surface area contributed by atoms with Gasteiger partial charge in [0.1, 0.15) is 5.82 Å². The molecule has 16 heavy (non-hydrogen) atoms. The molecule has 2 N–H and O–H groups in total. The molecule has 0 saturated carbocycles. The fourth-order valence-electron chi connectivity index (χ4n) is 2.11. The summed E-state index contributed by atoms with van der Waals surface area (Å²) < 4.78 is 13.3. The highest BCUT2D eigenvalue weighted by Crippen LogP contribution is 2.24. The van der Waals surface area contributed by atoms with E-state index in [2.05, 4.69) is 23.9 Å². The summed E-state index contributed by atoms with van der Waals surface area (Å²) in [7, 11) is 4.16. The van der Waals surface area contributed by atoms with E-state index in [1.807, 2.05) is 6.07 Å². The quantitative estimate of drug-likeness (QED) is 0.772. The number of rotatable bonds is 2. The van der Waals surface area contributed by atoms with Crippen LogP contribution < -0.4 is 10.6 Å². The summed E-state index contributed by atoms with van der Waals surface area (Å²) in [4.78, 5) is 4.42. The maximum atomic E-state index is 13.3. The molecule has 1 aromatic rings. The van der Waals surface area contributed by atoms with Gasteiger partial charge in [0.25, 0.3) is 0 Å². The van der Waals surface area contributed by atoms with Crippen LogP contribution in [0.4, 0.5) is 15.8 Å². The second kappa shape index (κ2) is 4.29. The van der Waals surface area contributed by atoms with E-state index in [0.29, 0.717) is 6.04 Å². The molecule has 4 heteroatoms. The summed E-state index contributed by atoms with van der Waals surface area (Å²) in [6.07, 6.45) is 1.12.